The molecule has 3 N–H and O–H groups in total. The van der Waals surface area contributed by atoms with Gasteiger partial charge < -0.3 is 15.4 Å². The average molecular weight is 426 g/mol. The topological polar surface area (TPSA) is 96.5 Å². The highest BCUT2D eigenvalue weighted by molar-refractivity contribution is 7.92. The van der Waals surface area contributed by atoms with Gasteiger partial charge in [0.1, 0.15) is 5.75 Å². The molecule has 0 saturated carbocycles. The Morgan fingerprint density at radius 1 is 1.04 bits per heavy atom. The van der Waals surface area contributed by atoms with Crippen molar-refractivity contribution in [2.24, 2.45) is 0 Å². The van der Waals surface area contributed by atoms with Crippen LogP contribution in [0.15, 0.2) is 53.4 Å². The van der Waals surface area contributed by atoms with E-state index in [2.05, 4.69) is 15.4 Å². The lowest BCUT2D eigenvalue weighted by molar-refractivity contribution is 0.0929. The molecule has 1 amide bonds. The van der Waals surface area contributed by atoms with Gasteiger partial charge in [-0.25, -0.2) is 8.42 Å². The zero-order chi connectivity index (χ0) is 19.3. The fourth-order valence-corrected chi connectivity index (χ4v) is 3.95. The Bertz CT molecular complexity index is 880. The number of anilines is 1. The van der Waals surface area contributed by atoms with Gasteiger partial charge in [-0.2, -0.15) is 0 Å². The quantitative estimate of drug-likeness (QED) is 0.660. The molecule has 7 nitrogen and oxygen atoms in total. The SMILES string of the molecule is COc1ccc(NS(=O)(=O)c2ccc(C(=O)NC3CCNCC3)cc2)cc1.Cl. The minimum absolute atomic E-state index is 0. The number of carbonyl (C=O) groups excluding carboxylic acids is 1. The molecule has 0 bridgehead atoms. The number of methoxy groups -OCH3 is 1. The third-order valence-corrected chi connectivity index (χ3v) is 5.84. The van der Waals surface area contributed by atoms with Crippen molar-refractivity contribution >= 4 is 34.0 Å². The number of carbonyl (C=O) groups is 1. The van der Waals surface area contributed by atoms with Crippen LogP contribution in [-0.2, 0) is 10.0 Å². The van der Waals surface area contributed by atoms with E-state index in [4.69, 9.17) is 4.74 Å². The number of hydrogen-bond acceptors (Lipinski definition) is 5. The molecule has 2 aromatic carbocycles. The summed E-state index contributed by atoms with van der Waals surface area (Å²) in [6.07, 6.45) is 1.79. The number of ether oxygens (including phenoxy) is 1. The molecular formula is C19H24ClN3O4S. The van der Waals surface area contributed by atoms with Gasteiger partial charge in [0.25, 0.3) is 15.9 Å². The lowest BCUT2D eigenvalue weighted by Gasteiger charge is -2.23. The number of piperidine rings is 1. The first-order valence-electron chi connectivity index (χ1n) is 8.76. The molecule has 28 heavy (non-hydrogen) atoms. The smallest absolute Gasteiger partial charge is 0.261 e. The van der Waals surface area contributed by atoms with Crippen molar-refractivity contribution in [3.63, 3.8) is 0 Å². The van der Waals surface area contributed by atoms with Crippen molar-refractivity contribution in [1.29, 1.82) is 0 Å². The molecule has 1 fully saturated rings. The molecule has 0 aliphatic carbocycles. The second-order valence-corrected chi connectivity index (χ2v) is 8.04. The van der Waals surface area contributed by atoms with Crippen LogP contribution in [0.5, 0.6) is 5.75 Å². The molecule has 0 spiro atoms. The third kappa shape index (κ3) is 5.60. The third-order valence-electron chi connectivity index (χ3n) is 4.44. The lowest BCUT2D eigenvalue weighted by Crippen LogP contribution is -2.42. The van der Waals surface area contributed by atoms with Gasteiger partial charge in [0, 0.05) is 17.3 Å². The summed E-state index contributed by atoms with van der Waals surface area (Å²) in [7, 11) is -2.19. The molecule has 1 saturated heterocycles. The van der Waals surface area contributed by atoms with Gasteiger partial charge in [-0.1, -0.05) is 0 Å². The number of benzene rings is 2. The van der Waals surface area contributed by atoms with Crippen molar-refractivity contribution in [3.8, 4) is 5.75 Å². The molecule has 9 heteroatoms. The van der Waals surface area contributed by atoms with Crippen molar-refractivity contribution < 1.29 is 17.9 Å². The molecular weight excluding hydrogens is 402 g/mol. The highest BCUT2D eigenvalue weighted by atomic mass is 35.5. The highest BCUT2D eigenvalue weighted by Gasteiger charge is 2.18. The Balaban J connectivity index is 0.00000280. The number of nitrogens with one attached hydrogen (secondary N) is 3. The number of halogens is 1. The first-order valence-corrected chi connectivity index (χ1v) is 10.2. The number of rotatable bonds is 6. The van der Waals surface area contributed by atoms with E-state index in [1.807, 2.05) is 0 Å². The zero-order valence-corrected chi connectivity index (χ0v) is 17.1. The van der Waals surface area contributed by atoms with Crippen LogP contribution in [0, 0.1) is 0 Å². The minimum atomic E-state index is -3.73. The van der Waals surface area contributed by atoms with Crippen LogP contribution < -0.4 is 20.1 Å². The van der Waals surface area contributed by atoms with Gasteiger partial charge in [-0.15, -0.1) is 12.4 Å². The van der Waals surface area contributed by atoms with Gasteiger partial charge in [0.05, 0.1) is 12.0 Å². The Morgan fingerprint density at radius 3 is 2.21 bits per heavy atom. The summed E-state index contributed by atoms with van der Waals surface area (Å²) in [5, 5.41) is 6.23. The Kier molecular flexibility index (Phi) is 7.68. The van der Waals surface area contributed by atoms with Crippen LogP contribution in [0.1, 0.15) is 23.2 Å². The molecule has 0 radical (unpaired) electrons. The Labute approximate surface area is 171 Å². The van der Waals surface area contributed by atoms with Crippen LogP contribution in [-0.4, -0.2) is 40.6 Å². The molecule has 0 unspecified atom stereocenters. The summed E-state index contributed by atoms with van der Waals surface area (Å²) < 4.78 is 32.6. The maximum Gasteiger partial charge on any atom is 0.261 e. The lowest BCUT2D eigenvalue weighted by atomic mass is 10.1. The van der Waals surface area contributed by atoms with E-state index in [0.717, 1.165) is 25.9 Å². The van der Waals surface area contributed by atoms with E-state index in [1.54, 1.807) is 31.4 Å². The maximum absolute atomic E-state index is 12.5. The molecule has 152 valence electrons. The van der Waals surface area contributed by atoms with Crippen LogP contribution in [0.3, 0.4) is 0 Å². The average Bonchev–Trinajstić information content (AvgIpc) is 2.69. The largest absolute Gasteiger partial charge is 0.497 e. The number of sulfonamides is 1. The molecule has 1 aliphatic rings. The predicted molar refractivity (Wildman–Crippen MR) is 111 cm³/mol. The fraction of sp³-hybridized carbons (Fsp3) is 0.316. The van der Waals surface area contributed by atoms with E-state index >= 15 is 0 Å². The Morgan fingerprint density at radius 2 is 1.64 bits per heavy atom. The highest BCUT2D eigenvalue weighted by Crippen LogP contribution is 2.19. The normalized spacial score (nSPS) is 14.6. The summed E-state index contributed by atoms with van der Waals surface area (Å²) >= 11 is 0. The van der Waals surface area contributed by atoms with Crippen molar-refractivity contribution in [2.75, 3.05) is 24.9 Å². The monoisotopic (exact) mass is 425 g/mol. The van der Waals surface area contributed by atoms with Crippen LogP contribution >= 0.6 is 12.4 Å². The predicted octanol–water partition coefficient (Wildman–Crippen LogP) is 2.40. The van der Waals surface area contributed by atoms with Crippen LogP contribution in [0.25, 0.3) is 0 Å². The molecule has 0 aromatic heterocycles. The molecule has 1 heterocycles. The van der Waals surface area contributed by atoms with E-state index in [0.29, 0.717) is 17.0 Å². The van der Waals surface area contributed by atoms with Gasteiger partial charge in [0.2, 0.25) is 0 Å². The molecule has 3 rings (SSSR count). The van der Waals surface area contributed by atoms with Gasteiger partial charge >= 0.3 is 0 Å². The van der Waals surface area contributed by atoms with E-state index < -0.39 is 10.0 Å². The first-order chi connectivity index (χ1) is 13.0. The summed E-state index contributed by atoms with van der Waals surface area (Å²) in [6, 6.07) is 12.7. The van der Waals surface area contributed by atoms with Crippen LogP contribution in [0.4, 0.5) is 5.69 Å². The van der Waals surface area contributed by atoms with Crippen molar-refractivity contribution in [3.05, 3.63) is 54.1 Å². The van der Waals surface area contributed by atoms with E-state index in [-0.39, 0.29) is 29.3 Å². The summed E-state index contributed by atoms with van der Waals surface area (Å²) in [5.74, 6) is 0.455. The van der Waals surface area contributed by atoms with Crippen molar-refractivity contribution in [2.45, 2.75) is 23.8 Å². The van der Waals surface area contributed by atoms with Gasteiger partial charge in [-0.05, 0) is 74.5 Å². The van der Waals surface area contributed by atoms with Gasteiger partial charge in [-0.3, -0.25) is 9.52 Å². The summed E-state index contributed by atoms with van der Waals surface area (Å²) in [5.41, 5.74) is 0.875. The van der Waals surface area contributed by atoms with Crippen molar-refractivity contribution in [1.82, 2.24) is 10.6 Å². The fourth-order valence-electron chi connectivity index (χ4n) is 2.89. The Hall–Kier alpha value is -2.29. The molecule has 2 aromatic rings. The number of hydrogen-bond donors (Lipinski definition) is 3. The van der Waals surface area contributed by atoms with Crippen LogP contribution in [0.2, 0.25) is 0 Å². The zero-order valence-electron chi connectivity index (χ0n) is 15.5. The second-order valence-electron chi connectivity index (χ2n) is 6.36. The standard InChI is InChI=1S/C19H23N3O4S.ClH/c1-26-17-6-4-16(5-7-17)22-27(24,25)18-8-2-14(3-9-18)19(23)21-15-10-12-20-13-11-15;/h2-9,15,20,22H,10-13H2,1H3,(H,21,23);1H. The first kappa shape index (κ1) is 22.0. The van der Waals surface area contributed by atoms with E-state index in [9.17, 15) is 13.2 Å². The molecule has 1 aliphatic heterocycles. The maximum atomic E-state index is 12.5. The molecule has 0 atom stereocenters. The van der Waals surface area contributed by atoms with Gasteiger partial charge in [0.15, 0.2) is 0 Å². The number of amides is 1. The van der Waals surface area contributed by atoms with E-state index in [1.165, 1.54) is 24.3 Å². The second kappa shape index (κ2) is 9.77. The minimum Gasteiger partial charge on any atom is -0.497 e. The summed E-state index contributed by atoms with van der Waals surface area (Å²) in [6.45, 7) is 1.78. The summed E-state index contributed by atoms with van der Waals surface area (Å²) in [4.78, 5) is 12.4.